The molecule has 0 fully saturated rings. The fourth-order valence-corrected chi connectivity index (χ4v) is 4.52. The van der Waals surface area contributed by atoms with Gasteiger partial charge < -0.3 is 0 Å². The van der Waals surface area contributed by atoms with Crippen LogP contribution in [-0.4, -0.2) is 8.42 Å². The fraction of sp³-hybridized carbons (Fsp3) is 0.130. The van der Waals surface area contributed by atoms with Gasteiger partial charge in [-0.15, -0.1) is 0 Å². The molecule has 1 atom stereocenters. The predicted octanol–water partition coefficient (Wildman–Crippen LogP) is 5.46. The third kappa shape index (κ3) is 3.94. The van der Waals surface area contributed by atoms with Gasteiger partial charge in [0.1, 0.15) is 0 Å². The molecule has 132 valence electrons. The van der Waals surface area contributed by atoms with Crippen molar-refractivity contribution in [3.8, 4) is 0 Å². The lowest BCUT2D eigenvalue weighted by molar-refractivity contribution is 0.595. The van der Waals surface area contributed by atoms with Crippen molar-refractivity contribution in [3.05, 3.63) is 108 Å². The number of sulfone groups is 1. The van der Waals surface area contributed by atoms with Gasteiger partial charge in [-0.25, -0.2) is 8.42 Å². The Morgan fingerprint density at radius 1 is 0.885 bits per heavy atom. The van der Waals surface area contributed by atoms with Crippen LogP contribution in [-0.2, 0) is 15.6 Å². The Morgan fingerprint density at radius 2 is 1.50 bits per heavy atom. The van der Waals surface area contributed by atoms with Gasteiger partial charge in [0.2, 0.25) is 0 Å². The van der Waals surface area contributed by atoms with Gasteiger partial charge in [0, 0.05) is 5.92 Å². The van der Waals surface area contributed by atoms with Crippen LogP contribution in [0.3, 0.4) is 0 Å². The first-order valence-electron chi connectivity index (χ1n) is 8.59. The van der Waals surface area contributed by atoms with Gasteiger partial charge in [0.25, 0.3) is 0 Å². The summed E-state index contributed by atoms with van der Waals surface area (Å²) in [6, 6.07) is 24.6. The minimum absolute atomic E-state index is 0.00225. The van der Waals surface area contributed by atoms with Gasteiger partial charge in [-0.2, -0.15) is 0 Å². The summed E-state index contributed by atoms with van der Waals surface area (Å²) >= 11 is 0. The summed E-state index contributed by atoms with van der Waals surface area (Å²) in [5.41, 5.74) is 4.11. The minimum atomic E-state index is -3.38. The lowest BCUT2D eigenvalue weighted by Gasteiger charge is -2.17. The van der Waals surface area contributed by atoms with Crippen LogP contribution in [0.5, 0.6) is 0 Å². The minimum Gasteiger partial charge on any atom is -0.223 e. The quantitative estimate of drug-likeness (QED) is 0.584. The van der Waals surface area contributed by atoms with Crippen LogP contribution in [0.25, 0.3) is 6.08 Å². The first kappa shape index (κ1) is 18.2. The molecule has 0 saturated carbocycles. The molecule has 3 aromatic rings. The highest BCUT2D eigenvalue weighted by Gasteiger charge is 2.19. The molecule has 0 heterocycles. The monoisotopic (exact) mass is 362 g/mol. The van der Waals surface area contributed by atoms with E-state index in [2.05, 4.69) is 25.6 Å². The Hall–Kier alpha value is -2.65. The molecular formula is C23H22O2S. The van der Waals surface area contributed by atoms with E-state index >= 15 is 0 Å². The van der Waals surface area contributed by atoms with E-state index in [1.54, 1.807) is 24.3 Å². The second kappa shape index (κ2) is 7.71. The maximum atomic E-state index is 12.8. The van der Waals surface area contributed by atoms with Gasteiger partial charge in [-0.1, -0.05) is 86.3 Å². The van der Waals surface area contributed by atoms with Crippen molar-refractivity contribution >= 4 is 15.9 Å². The molecule has 0 N–H and O–H groups in total. The van der Waals surface area contributed by atoms with Crippen LogP contribution >= 0.6 is 0 Å². The van der Waals surface area contributed by atoms with E-state index < -0.39 is 9.84 Å². The highest BCUT2D eigenvalue weighted by atomic mass is 32.2. The van der Waals surface area contributed by atoms with Gasteiger partial charge in [0.15, 0.2) is 9.84 Å². The van der Waals surface area contributed by atoms with Crippen molar-refractivity contribution in [1.29, 1.82) is 0 Å². The zero-order valence-electron chi connectivity index (χ0n) is 14.8. The third-order valence-electron chi connectivity index (χ3n) is 4.64. The Labute approximate surface area is 155 Å². The molecule has 0 amide bonds. The van der Waals surface area contributed by atoms with Crippen molar-refractivity contribution in [3.63, 3.8) is 0 Å². The van der Waals surface area contributed by atoms with Crippen LogP contribution in [0.4, 0.5) is 0 Å². The summed E-state index contributed by atoms with van der Waals surface area (Å²) < 4.78 is 25.6. The molecule has 2 nitrogen and oxygen atoms in total. The SMILES string of the molecule is C=Cc1ccc(C(C)c2ccccc2CS(=O)(=O)c2ccccc2)cc1. The molecule has 0 aliphatic heterocycles. The zero-order valence-corrected chi connectivity index (χ0v) is 15.6. The van der Waals surface area contributed by atoms with Crippen LogP contribution in [0, 0.1) is 0 Å². The molecule has 3 heteroatoms. The fourth-order valence-electron chi connectivity index (χ4n) is 3.10. The zero-order chi connectivity index (χ0) is 18.6. The molecule has 0 bridgehead atoms. The van der Waals surface area contributed by atoms with E-state index in [1.165, 1.54) is 0 Å². The van der Waals surface area contributed by atoms with Crippen LogP contribution in [0.2, 0.25) is 0 Å². The Morgan fingerprint density at radius 3 is 2.15 bits per heavy atom. The molecule has 0 aliphatic carbocycles. The van der Waals surface area contributed by atoms with E-state index in [-0.39, 0.29) is 11.7 Å². The summed E-state index contributed by atoms with van der Waals surface area (Å²) in [6.45, 7) is 5.89. The molecule has 3 rings (SSSR count). The number of hydrogen-bond acceptors (Lipinski definition) is 2. The second-order valence-corrected chi connectivity index (χ2v) is 8.35. The summed E-state index contributed by atoms with van der Waals surface area (Å²) in [6.07, 6.45) is 1.81. The Balaban J connectivity index is 1.94. The van der Waals surface area contributed by atoms with Gasteiger partial charge in [-0.3, -0.25) is 0 Å². The van der Waals surface area contributed by atoms with E-state index in [0.717, 1.165) is 22.3 Å². The van der Waals surface area contributed by atoms with Crippen molar-refractivity contribution in [2.24, 2.45) is 0 Å². The Bertz CT molecular complexity index is 988. The van der Waals surface area contributed by atoms with Crippen molar-refractivity contribution in [1.82, 2.24) is 0 Å². The number of rotatable bonds is 6. The summed E-state index contributed by atoms with van der Waals surface area (Å²) in [4.78, 5) is 0.359. The van der Waals surface area contributed by atoms with Crippen molar-refractivity contribution in [2.45, 2.75) is 23.5 Å². The van der Waals surface area contributed by atoms with Crippen molar-refractivity contribution in [2.75, 3.05) is 0 Å². The molecule has 0 saturated heterocycles. The smallest absolute Gasteiger partial charge is 0.182 e. The molecule has 0 aromatic heterocycles. The number of hydrogen-bond donors (Lipinski definition) is 0. The average Bonchev–Trinajstić information content (AvgIpc) is 2.68. The summed E-state index contributed by atoms with van der Waals surface area (Å²) in [7, 11) is -3.38. The molecule has 0 radical (unpaired) electrons. The molecule has 1 unspecified atom stereocenters. The first-order chi connectivity index (χ1) is 12.5. The second-order valence-electron chi connectivity index (χ2n) is 6.36. The molecule has 3 aromatic carbocycles. The summed E-state index contributed by atoms with van der Waals surface area (Å²) in [5.74, 6) is 0.110. The van der Waals surface area contributed by atoms with Crippen LogP contribution in [0.1, 0.15) is 35.1 Å². The maximum absolute atomic E-state index is 12.8. The van der Waals surface area contributed by atoms with Gasteiger partial charge >= 0.3 is 0 Å². The normalized spacial score (nSPS) is 12.5. The Kier molecular flexibility index (Phi) is 5.38. The third-order valence-corrected chi connectivity index (χ3v) is 6.32. The molecule has 0 aliphatic rings. The van der Waals surface area contributed by atoms with Gasteiger partial charge in [-0.05, 0) is 34.4 Å². The predicted molar refractivity (Wildman–Crippen MR) is 108 cm³/mol. The maximum Gasteiger partial charge on any atom is 0.182 e. The highest BCUT2D eigenvalue weighted by Crippen LogP contribution is 2.29. The molecule has 26 heavy (non-hydrogen) atoms. The molecular weight excluding hydrogens is 340 g/mol. The van der Waals surface area contributed by atoms with Crippen LogP contribution < -0.4 is 0 Å². The first-order valence-corrected chi connectivity index (χ1v) is 10.2. The average molecular weight is 362 g/mol. The van der Waals surface area contributed by atoms with Crippen LogP contribution in [0.15, 0.2) is 90.3 Å². The van der Waals surface area contributed by atoms with E-state index in [9.17, 15) is 8.42 Å². The van der Waals surface area contributed by atoms with E-state index in [0.29, 0.717) is 4.90 Å². The van der Waals surface area contributed by atoms with E-state index in [4.69, 9.17) is 0 Å². The lowest BCUT2D eigenvalue weighted by atomic mass is 9.90. The topological polar surface area (TPSA) is 34.1 Å². The largest absolute Gasteiger partial charge is 0.223 e. The molecule has 0 spiro atoms. The number of benzene rings is 3. The standard InChI is InChI=1S/C23H22O2S/c1-3-19-13-15-20(16-14-19)18(2)23-12-8-7-9-21(23)17-26(24,25)22-10-5-4-6-11-22/h3-16,18H,1,17H2,2H3. The lowest BCUT2D eigenvalue weighted by Crippen LogP contribution is -2.09. The van der Waals surface area contributed by atoms with E-state index in [1.807, 2.05) is 48.5 Å². The van der Waals surface area contributed by atoms with Gasteiger partial charge in [0.05, 0.1) is 10.6 Å². The highest BCUT2D eigenvalue weighted by molar-refractivity contribution is 7.90. The summed E-state index contributed by atoms with van der Waals surface area (Å²) in [5, 5.41) is 0. The van der Waals surface area contributed by atoms with Crippen molar-refractivity contribution < 1.29 is 8.42 Å².